The molecule has 0 amide bonds. The van der Waals surface area contributed by atoms with Crippen molar-refractivity contribution >= 4 is 5.82 Å². The molecule has 0 bridgehead atoms. The largest absolute Gasteiger partial charge is 0.464 e. The number of furan rings is 1. The van der Waals surface area contributed by atoms with Crippen LogP contribution in [-0.2, 0) is 6.42 Å². The minimum Gasteiger partial charge on any atom is -0.464 e. The summed E-state index contributed by atoms with van der Waals surface area (Å²) < 4.78 is 5.38. The molecule has 0 unspecified atom stereocenters. The van der Waals surface area contributed by atoms with Crippen LogP contribution in [0.15, 0.2) is 22.8 Å². The summed E-state index contributed by atoms with van der Waals surface area (Å²) in [6, 6.07) is 5.73. The maximum absolute atomic E-state index is 9.20. The lowest BCUT2D eigenvalue weighted by atomic mass is 9.97. The molecule has 2 rings (SSSR count). The number of pyridine rings is 1. The highest BCUT2D eigenvalue weighted by atomic mass is 16.3. The van der Waals surface area contributed by atoms with Crippen molar-refractivity contribution in [2.75, 3.05) is 5.73 Å². The van der Waals surface area contributed by atoms with Gasteiger partial charge in [0.05, 0.1) is 6.26 Å². The van der Waals surface area contributed by atoms with Gasteiger partial charge in [-0.1, -0.05) is 6.92 Å². The SMILES string of the molecule is CCc1c(C)nc(N)c(C#N)c1-c1ccco1. The molecule has 0 radical (unpaired) electrons. The lowest BCUT2D eigenvalue weighted by molar-refractivity contribution is 0.581. The van der Waals surface area contributed by atoms with Crippen molar-refractivity contribution in [3.05, 3.63) is 35.2 Å². The molecule has 2 aromatic rings. The van der Waals surface area contributed by atoms with Crippen molar-refractivity contribution in [3.63, 3.8) is 0 Å². The predicted molar refractivity (Wildman–Crippen MR) is 65.2 cm³/mol. The van der Waals surface area contributed by atoms with E-state index in [0.29, 0.717) is 11.3 Å². The third-order valence-corrected chi connectivity index (χ3v) is 2.77. The number of hydrogen-bond donors (Lipinski definition) is 1. The first-order chi connectivity index (χ1) is 8.19. The predicted octanol–water partition coefficient (Wildman–Crippen LogP) is 2.67. The second-order valence-electron chi connectivity index (χ2n) is 3.75. The summed E-state index contributed by atoms with van der Waals surface area (Å²) in [7, 11) is 0. The highest BCUT2D eigenvalue weighted by Gasteiger charge is 2.18. The van der Waals surface area contributed by atoms with Crippen LogP contribution in [0, 0.1) is 18.3 Å². The minimum atomic E-state index is 0.258. The number of nitrogen functional groups attached to an aromatic ring is 1. The number of nitrogens with two attached hydrogens (primary N) is 1. The van der Waals surface area contributed by atoms with E-state index in [4.69, 9.17) is 10.2 Å². The van der Waals surface area contributed by atoms with Crippen LogP contribution >= 0.6 is 0 Å². The van der Waals surface area contributed by atoms with Gasteiger partial charge >= 0.3 is 0 Å². The Hall–Kier alpha value is -2.28. The van der Waals surface area contributed by atoms with Crippen molar-refractivity contribution in [2.45, 2.75) is 20.3 Å². The van der Waals surface area contributed by atoms with Crippen molar-refractivity contribution < 1.29 is 4.42 Å². The zero-order valence-electron chi connectivity index (χ0n) is 9.82. The molecule has 0 aliphatic heterocycles. The first-order valence-electron chi connectivity index (χ1n) is 5.42. The van der Waals surface area contributed by atoms with Gasteiger partial charge in [-0.25, -0.2) is 4.98 Å². The van der Waals surface area contributed by atoms with Gasteiger partial charge in [-0.15, -0.1) is 0 Å². The zero-order valence-corrected chi connectivity index (χ0v) is 9.82. The van der Waals surface area contributed by atoms with Gasteiger partial charge in [0, 0.05) is 11.3 Å². The molecule has 17 heavy (non-hydrogen) atoms. The van der Waals surface area contributed by atoms with E-state index in [1.165, 1.54) is 0 Å². The number of hydrogen-bond acceptors (Lipinski definition) is 4. The average molecular weight is 227 g/mol. The normalized spacial score (nSPS) is 10.2. The summed E-state index contributed by atoms with van der Waals surface area (Å²) in [5.41, 5.74) is 8.79. The summed E-state index contributed by atoms with van der Waals surface area (Å²) in [6.45, 7) is 3.91. The lowest BCUT2D eigenvalue weighted by Gasteiger charge is -2.12. The number of rotatable bonds is 2. The highest BCUT2D eigenvalue weighted by molar-refractivity contribution is 5.76. The Morgan fingerprint density at radius 2 is 2.29 bits per heavy atom. The van der Waals surface area contributed by atoms with Crippen LogP contribution in [0.4, 0.5) is 5.82 Å². The third-order valence-electron chi connectivity index (χ3n) is 2.77. The summed E-state index contributed by atoms with van der Waals surface area (Å²) in [4.78, 5) is 4.20. The van der Waals surface area contributed by atoms with Gasteiger partial charge in [0.2, 0.25) is 0 Å². The molecule has 4 nitrogen and oxygen atoms in total. The monoisotopic (exact) mass is 227 g/mol. The first kappa shape index (κ1) is 11.2. The molecule has 0 fully saturated rings. The van der Waals surface area contributed by atoms with Crippen LogP contribution in [0.5, 0.6) is 0 Å². The molecule has 2 heterocycles. The van der Waals surface area contributed by atoms with E-state index in [1.54, 1.807) is 12.3 Å². The molecule has 0 aliphatic carbocycles. The Morgan fingerprint density at radius 1 is 1.53 bits per heavy atom. The Balaban J connectivity index is 2.83. The Labute approximate surface area is 99.7 Å². The quantitative estimate of drug-likeness (QED) is 0.855. The topological polar surface area (TPSA) is 75.8 Å². The summed E-state index contributed by atoms with van der Waals surface area (Å²) in [6.07, 6.45) is 2.37. The fraction of sp³-hybridized carbons (Fsp3) is 0.231. The molecule has 0 saturated heterocycles. The molecule has 4 heteroatoms. The summed E-state index contributed by atoms with van der Waals surface area (Å²) in [5, 5.41) is 9.20. The van der Waals surface area contributed by atoms with Gasteiger partial charge in [-0.3, -0.25) is 0 Å². The Bertz CT molecular complexity index is 580. The minimum absolute atomic E-state index is 0.258. The van der Waals surface area contributed by atoms with Gasteiger partial charge in [-0.2, -0.15) is 5.26 Å². The van der Waals surface area contributed by atoms with Crippen molar-refractivity contribution in [1.29, 1.82) is 5.26 Å². The average Bonchev–Trinajstić information content (AvgIpc) is 2.81. The summed E-state index contributed by atoms with van der Waals surface area (Å²) >= 11 is 0. The van der Waals surface area contributed by atoms with Crippen LogP contribution in [0.3, 0.4) is 0 Å². The Kier molecular flexibility index (Phi) is 2.84. The maximum atomic E-state index is 9.20. The van der Waals surface area contributed by atoms with Gasteiger partial charge < -0.3 is 10.2 Å². The second kappa shape index (κ2) is 4.30. The number of nitrogens with zero attached hydrogens (tertiary/aromatic N) is 2. The standard InChI is InChI=1S/C13H13N3O/c1-3-9-8(2)16-13(15)10(7-14)12(9)11-5-4-6-17-11/h4-6H,3H2,1-2H3,(H2,15,16). The molecule has 0 aliphatic rings. The molecular formula is C13H13N3O. The van der Waals surface area contributed by atoms with Gasteiger partial charge in [0.25, 0.3) is 0 Å². The van der Waals surface area contributed by atoms with E-state index >= 15 is 0 Å². The number of aryl methyl sites for hydroxylation is 1. The number of anilines is 1. The van der Waals surface area contributed by atoms with Crippen LogP contribution in [0.25, 0.3) is 11.3 Å². The summed E-state index contributed by atoms with van der Waals surface area (Å²) in [5.74, 6) is 0.921. The molecule has 0 spiro atoms. The van der Waals surface area contributed by atoms with E-state index in [-0.39, 0.29) is 5.82 Å². The van der Waals surface area contributed by atoms with Crippen LogP contribution in [0.2, 0.25) is 0 Å². The van der Waals surface area contributed by atoms with Gasteiger partial charge in [0.1, 0.15) is 23.2 Å². The fourth-order valence-electron chi connectivity index (χ4n) is 2.00. The molecule has 2 aromatic heterocycles. The number of nitriles is 1. The molecule has 0 atom stereocenters. The van der Waals surface area contributed by atoms with Crippen LogP contribution in [0.1, 0.15) is 23.7 Å². The van der Waals surface area contributed by atoms with Crippen LogP contribution < -0.4 is 5.73 Å². The molecule has 0 aromatic carbocycles. The highest BCUT2D eigenvalue weighted by Crippen LogP contribution is 2.32. The van der Waals surface area contributed by atoms with Crippen molar-refractivity contribution in [2.24, 2.45) is 0 Å². The van der Waals surface area contributed by atoms with Gasteiger partial charge in [-0.05, 0) is 31.0 Å². The molecule has 86 valence electrons. The smallest absolute Gasteiger partial charge is 0.142 e. The number of aromatic nitrogens is 1. The molecule has 2 N–H and O–H groups in total. The van der Waals surface area contributed by atoms with E-state index in [2.05, 4.69) is 11.1 Å². The fourth-order valence-corrected chi connectivity index (χ4v) is 2.00. The van der Waals surface area contributed by atoms with E-state index < -0.39 is 0 Å². The van der Waals surface area contributed by atoms with E-state index in [9.17, 15) is 5.26 Å². The molecular weight excluding hydrogens is 214 g/mol. The van der Waals surface area contributed by atoms with Crippen LogP contribution in [-0.4, -0.2) is 4.98 Å². The van der Waals surface area contributed by atoms with Gasteiger partial charge in [0.15, 0.2) is 0 Å². The van der Waals surface area contributed by atoms with E-state index in [0.717, 1.165) is 23.2 Å². The Morgan fingerprint density at radius 3 is 2.82 bits per heavy atom. The van der Waals surface area contributed by atoms with E-state index in [1.807, 2.05) is 19.9 Å². The molecule has 0 saturated carbocycles. The maximum Gasteiger partial charge on any atom is 0.142 e. The van der Waals surface area contributed by atoms with Crippen molar-refractivity contribution in [3.8, 4) is 17.4 Å². The second-order valence-corrected chi connectivity index (χ2v) is 3.75. The first-order valence-corrected chi connectivity index (χ1v) is 5.42. The zero-order chi connectivity index (χ0) is 12.4. The van der Waals surface area contributed by atoms with Crippen molar-refractivity contribution in [1.82, 2.24) is 4.98 Å². The lowest BCUT2D eigenvalue weighted by Crippen LogP contribution is -2.04. The third kappa shape index (κ3) is 1.76.